The second-order valence-electron chi connectivity index (χ2n) is 5.42. The van der Waals surface area contributed by atoms with Gasteiger partial charge in [-0.15, -0.1) is 0 Å². The fraction of sp³-hybridized carbons (Fsp3) is 0.400. The van der Waals surface area contributed by atoms with E-state index in [-0.39, 0.29) is 17.2 Å². The van der Waals surface area contributed by atoms with Crippen LogP contribution in [0.5, 0.6) is 0 Å². The van der Waals surface area contributed by atoms with Crippen molar-refractivity contribution in [3.8, 4) is 6.07 Å². The minimum absolute atomic E-state index is 0.0705. The van der Waals surface area contributed by atoms with E-state index in [1.165, 1.54) is 4.57 Å². The maximum atomic E-state index is 12.4. The maximum Gasteiger partial charge on any atom is 0.270 e. The molecule has 22 heavy (non-hydrogen) atoms. The summed E-state index contributed by atoms with van der Waals surface area (Å²) in [5.41, 5.74) is 1.42. The number of halogens is 1. The zero-order valence-corrected chi connectivity index (χ0v) is 12.8. The molecule has 0 amide bonds. The molecule has 1 aliphatic rings. The Kier molecular flexibility index (Phi) is 3.77. The Hall–Kier alpha value is -2.10. The van der Waals surface area contributed by atoms with Gasteiger partial charge in [0.2, 0.25) is 0 Å². The highest BCUT2D eigenvalue weighted by Gasteiger charge is 2.25. The molecule has 1 N–H and O–H groups in total. The second-order valence-corrected chi connectivity index (χ2v) is 5.81. The van der Waals surface area contributed by atoms with Gasteiger partial charge in [0.25, 0.3) is 5.56 Å². The van der Waals surface area contributed by atoms with Crippen LogP contribution in [0.1, 0.15) is 18.4 Å². The van der Waals surface area contributed by atoms with Crippen molar-refractivity contribution in [3.05, 3.63) is 33.2 Å². The Morgan fingerprint density at radius 3 is 2.73 bits per heavy atom. The van der Waals surface area contributed by atoms with Crippen LogP contribution in [0.4, 0.5) is 5.69 Å². The Morgan fingerprint density at radius 2 is 2.09 bits per heavy atom. The number of nitrogens with zero attached hydrogens (tertiary/aromatic N) is 4. The number of fused-ring (bicyclic) bond motifs is 1. The molecule has 0 radical (unpaired) electrons. The van der Waals surface area contributed by atoms with Crippen LogP contribution in [0.2, 0.25) is 5.15 Å². The molecule has 0 saturated carbocycles. The summed E-state index contributed by atoms with van der Waals surface area (Å²) in [6.07, 6.45) is 0.862. The zero-order valence-electron chi connectivity index (χ0n) is 12.1. The number of aromatic nitrogens is 2. The minimum Gasteiger partial charge on any atom is -0.393 e. The van der Waals surface area contributed by atoms with Gasteiger partial charge in [0.15, 0.2) is 0 Å². The van der Waals surface area contributed by atoms with Crippen LogP contribution in [-0.4, -0.2) is 33.9 Å². The molecule has 1 aliphatic heterocycles. The molecule has 0 aliphatic carbocycles. The average molecular weight is 319 g/mol. The van der Waals surface area contributed by atoms with Gasteiger partial charge in [-0.2, -0.15) is 5.26 Å². The first-order valence-corrected chi connectivity index (χ1v) is 7.43. The topological polar surface area (TPSA) is 82.2 Å². The van der Waals surface area contributed by atoms with E-state index in [9.17, 15) is 15.2 Å². The molecule has 0 aromatic carbocycles. The van der Waals surface area contributed by atoms with Crippen LogP contribution in [-0.2, 0) is 7.05 Å². The second kappa shape index (κ2) is 5.59. The summed E-state index contributed by atoms with van der Waals surface area (Å²) in [6, 6.07) is 5.36. The highest BCUT2D eigenvalue weighted by Crippen LogP contribution is 2.30. The monoisotopic (exact) mass is 318 g/mol. The molecule has 7 heteroatoms. The van der Waals surface area contributed by atoms with Crippen molar-refractivity contribution in [2.24, 2.45) is 7.05 Å². The molecule has 2 aromatic heterocycles. The summed E-state index contributed by atoms with van der Waals surface area (Å²) in [4.78, 5) is 18.7. The van der Waals surface area contributed by atoms with E-state index < -0.39 is 0 Å². The lowest BCUT2D eigenvalue weighted by Gasteiger charge is -2.32. The van der Waals surface area contributed by atoms with E-state index in [4.69, 9.17) is 11.6 Å². The molecule has 0 unspecified atom stereocenters. The summed E-state index contributed by atoms with van der Waals surface area (Å²) >= 11 is 6.00. The summed E-state index contributed by atoms with van der Waals surface area (Å²) in [5, 5.41) is 19.4. The van der Waals surface area contributed by atoms with Crippen LogP contribution in [0, 0.1) is 11.3 Å². The molecule has 3 rings (SSSR count). The van der Waals surface area contributed by atoms with Gasteiger partial charge >= 0.3 is 0 Å². The van der Waals surface area contributed by atoms with Crippen molar-refractivity contribution in [2.75, 3.05) is 18.0 Å². The molecule has 6 nitrogen and oxygen atoms in total. The third-order valence-electron chi connectivity index (χ3n) is 4.07. The van der Waals surface area contributed by atoms with Crippen molar-refractivity contribution >= 4 is 28.3 Å². The minimum atomic E-state index is -0.347. The van der Waals surface area contributed by atoms with Gasteiger partial charge in [0.05, 0.1) is 17.3 Å². The molecule has 2 aromatic rings. The first kappa shape index (κ1) is 14.8. The third-order valence-corrected chi connectivity index (χ3v) is 4.28. The van der Waals surface area contributed by atoms with Crippen molar-refractivity contribution in [1.29, 1.82) is 5.26 Å². The highest BCUT2D eigenvalue weighted by atomic mass is 35.5. The van der Waals surface area contributed by atoms with Gasteiger partial charge in [-0.3, -0.25) is 4.79 Å². The Balaban J connectivity index is 2.31. The van der Waals surface area contributed by atoms with E-state index >= 15 is 0 Å². The van der Waals surface area contributed by atoms with Gasteiger partial charge in [0, 0.05) is 20.1 Å². The number of aliphatic hydroxyl groups is 1. The zero-order chi connectivity index (χ0) is 15.9. The van der Waals surface area contributed by atoms with E-state index in [2.05, 4.69) is 4.98 Å². The van der Waals surface area contributed by atoms with Crippen molar-refractivity contribution in [3.63, 3.8) is 0 Å². The first-order valence-electron chi connectivity index (χ1n) is 7.05. The normalized spacial score (nSPS) is 16.0. The lowest BCUT2D eigenvalue weighted by molar-refractivity contribution is 0.145. The summed E-state index contributed by atoms with van der Waals surface area (Å²) in [5.74, 6) is 0. The van der Waals surface area contributed by atoms with Crippen LogP contribution in [0.3, 0.4) is 0 Å². The number of hydrogen-bond donors (Lipinski definition) is 1. The van der Waals surface area contributed by atoms with Gasteiger partial charge in [-0.1, -0.05) is 11.6 Å². The standard InChI is InChI=1S/C15H15ClN4O2/c1-19-11-2-3-12(16)18-13(11)14(10(8-17)15(19)22)20-6-4-9(21)5-7-20/h2-3,9,21H,4-7H2,1H3. The SMILES string of the molecule is Cn1c(=O)c(C#N)c(N2CCC(O)CC2)c2nc(Cl)ccc21. The van der Waals surface area contributed by atoms with Crippen molar-refractivity contribution in [1.82, 2.24) is 9.55 Å². The van der Waals surface area contributed by atoms with Crippen molar-refractivity contribution in [2.45, 2.75) is 18.9 Å². The fourth-order valence-electron chi connectivity index (χ4n) is 2.87. The van der Waals surface area contributed by atoms with Crippen molar-refractivity contribution < 1.29 is 5.11 Å². The molecule has 0 spiro atoms. The number of nitriles is 1. The first-order chi connectivity index (χ1) is 10.5. The molecular weight excluding hydrogens is 304 g/mol. The number of aliphatic hydroxyl groups excluding tert-OH is 1. The largest absolute Gasteiger partial charge is 0.393 e. The number of piperidine rings is 1. The van der Waals surface area contributed by atoms with E-state index in [1.54, 1.807) is 19.2 Å². The van der Waals surface area contributed by atoms with Crippen LogP contribution < -0.4 is 10.5 Å². The molecule has 114 valence electrons. The molecule has 1 fully saturated rings. The molecule has 1 saturated heterocycles. The summed E-state index contributed by atoms with van der Waals surface area (Å²) < 4.78 is 1.42. The number of aryl methyl sites for hydroxylation is 1. The van der Waals surface area contributed by atoms with Gasteiger partial charge < -0.3 is 14.6 Å². The Bertz CT molecular complexity index is 832. The lowest BCUT2D eigenvalue weighted by Crippen LogP contribution is -2.38. The van der Waals surface area contributed by atoms with Gasteiger partial charge in [-0.25, -0.2) is 4.98 Å². The summed E-state index contributed by atoms with van der Waals surface area (Å²) in [7, 11) is 1.62. The average Bonchev–Trinajstić information content (AvgIpc) is 2.51. The Labute approximate surface area is 132 Å². The quantitative estimate of drug-likeness (QED) is 0.804. The maximum absolute atomic E-state index is 12.4. The van der Waals surface area contributed by atoms with Gasteiger partial charge in [-0.05, 0) is 25.0 Å². The predicted octanol–water partition coefficient (Wildman–Crippen LogP) is 1.42. The summed E-state index contributed by atoms with van der Waals surface area (Å²) in [6.45, 7) is 1.15. The van der Waals surface area contributed by atoms with Crippen LogP contribution >= 0.6 is 11.6 Å². The molecule has 3 heterocycles. The molecular formula is C15H15ClN4O2. The smallest absolute Gasteiger partial charge is 0.270 e. The number of anilines is 1. The lowest BCUT2D eigenvalue weighted by atomic mass is 10.0. The van der Waals surface area contributed by atoms with Crippen LogP contribution in [0.25, 0.3) is 11.0 Å². The van der Waals surface area contributed by atoms with E-state index in [1.807, 2.05) is 11.0 Å². The number of hydrogen-bond acceptors (Lipinski definition) is 5. The highest BCUT2D eigenvalue weighted by molar-refractivity contribution is 6.29. The predicted molar refractivity (Wildman–Crippen MR) is 84.2 cm³/mol. The molecule has 0 bridgehead atoms. The van der Waals surface area contributed by atoms with Gasteiger partial charge in [0.1, 0.15) is 22.3 Å². The number of rotatable bonds is 1. The molecule has 0 atom stereocenters. The van der Waals surface area contributed by atoms with E-state index in [0.717, 1.165) is 0 Å². The van der Waals surface area contributed by atoms with Crippen LogP contribution in [0.15, 0.2) is 16.9 Å². The fourth-order valence-corrected chi connectivity index (χ4v) is 3.02. The third kappa shape index (κ3) is 2.32. The van der Waals surface area contributed by atoms with E-state index in [0.29, 0.717) is 47.8 Å². The number of pyridine rings is 2. The Morgan fingerprint density at radius 1 is 1.41 bits per heavy atom.